The first-order valence-electron chi connectivity index (χ1n) is 9.80. The van der Waals surface area contributed by atoms with Gasteiger partial charge in [0, 0.05) is 24.4 Å². The number of benzene rings is 1. The van der Waals surface area contributed by atoms with Crippen LogP contribution >= 0.6 is 11.3 Å². The van der Waals surface area contributed by atoms with E-state index < -0.39 is 0 Å². The van der Waals surface area contributed by atoms with Gasteiger partial charge >= 0.3 is 0 Å². The Labute approximate surface area is 163 Å². The van der Waals surface area contributed by atoms with Gasteiger partial charge in [0.1, 0.15) is 0 Å². The van der Waals surface area contributed by atoms with E-state index in [4.69, 9.17) is 0 Å². The van der Waals surface area contributed by atoms with Gasteiger partial charge in [-0.25, -0.2) is 4.98 Å². The number of nitrogens with zero attached hydrogens (tertiary/aromatic N) is 2. The molecular weight excluding hydrogens is 358 g/mol. The number of carbonyl (C=O) groups is 2. The number of hydrogen-bond donors (Lipinski definition) is 1. The van der Waals surface area contributed by atoms with E-state index in [9.17, 15) is 9.59 Å². The molecule has 1 unspecified atom stereocenters. The summed E-state index contributed by atoms with van der Waals surface area (Å²) in [6, 6.07) is 10.1. The quantitative estimate of drug-likeness (QED) is 0.805. The predicted octanol–water partition coefficient (Wildman–Crippen LogP) is 3.44. The van der Waals surface area contributed by atoms with Crippen LogP contribution in [0.2, 0.25) is 0 Å². The summed E-state index contributed by atoms with van der Waals surface area (Å²) >= 11 is 1.60. The van der Waals surface area contributed by atoms with Gasteiger partial charge in [-0.15, -0.1) is 11.3 Å². The molecule has 1 N–H and O–H groups in total. The number of carbonyl (C=O) groups excluding carboxylic acids is 2. The number of amides is 2. The van der Waals surface area contributed by atoms with Crippen molar-refractivity contribution in [1.82, 2.24) is 9.88 Å². The van der Waals surface area contributed by atoms with Crippen LogP contribution in [0, 0.1) is 5.92 Å². The molecule has 1 fully saturated rings. The van der Waals surface area contributed by atoms with Crippen molar-refractivity contribution in [1.29, 1.82) is 0 Å². The fraction of sp³-hybridized carbons (Fsp3) is 0.476. The van der Waals surface area contributed by atoms with E-state index in [-0.39, 0.29) is 17.7 Å². The van der Waals surface area contributed by atoms with Crippen molar-refractivity contribution in [3.05, 3.63) is 46.5 Å². The number of likely N-dealkylation sites (tertiary alicyclic amines) is 1. The Morgan fingerprint density at radius 3 is 2.85 bits per heavy atom. The van der Waals surface area contributed by atoms with Crippen molar-refractivity contribution in [3.8, 4) is 0 Å². The van der Waals surface area contributed by atoms with Crippen LogP contribution in [0.1, 0.15) is 41.8 Å². The molecule has 2 heterocycles. The first kappa shape index (κ1) is 18.2. The number of hydrogen-bond acceptors (Lipinski definition) is 4. The van der Waals surface area contributed by atoms with E-state index in [1.54, 1.807) is 11.3 Å². The molecule has 27 heavy (non-hydrogen) atoms. The highest BCUT2D eigenvalue weighted by molar-refractivity contribution is 7.15. The van der Waals surface area contributed by atoms with Gasteiger partial charge in [-0.3, -0.25) is 9.59 Å². The van der Waals surface area contributed by atoms with E-state index >= 15 is 0 Å². The van der Waals surface area contributed by atoms with Crippen LogP contribution in [0.4, 0.5) is 5.13 Å². The number of rotatable bonds is 5. The van der Waals surface area contributed by atoms with Crippen molar-refractivity contribution < 1.29 is 9.59 Å². The molecular formula is C21H25N3O2S. The molecule has 1 atom stereocenters. The molecule has 6 heteroatoms. The van der Waals surface area contributed by atoms with Gasteiger partial charge in [0.05, 0.1) is 11.6 Å². The molecule has 2 aliphatic rings. The van der Waals surface area contributed by atoms with E-state index in [1.807, 2.05) is 23.1 Å². The summed E-state index contributed by atoms with van der Waals surface area (Å²) in [6.45, 7) is 1.17. The maximum Gasteiger partial charge on any atom is 0.231 e. The molecule has 1 aliphatic heterocycles. The molecule has 1 aromatic carbocycles. The van der Waals surface area contributed by atoms with Gasteiger partial charge in [-0.2, -0.15) is 0 Å². The SMILES string of the molecule is O=C(Nc1nc2c(s1)CCCCC2)C1CC(=O)N(CCc2ccccc2)C1. The third-order valence-electron chi connectivity index (χ3n) is 5.42. The molecule has 0 radical (unpaired) electrons. The van der Waals surface area contributed by atoms with Crippen LogP contribution in [-0.2, 0) is 28.9 Å². The second kappa shape index (κ2) is 8.21. The first-order valence-corrected chi connectivity index (χ1v) is 10.6. The monoisotopic (exact) mass is 383 g/mol. The van der Waals surface area contributed by atoms with Crippen molar-refractivity contribution in [2.75, 3.05) is 18.4 Å². The molecule has 2 aromatic rings. The summed E-state index contributed by atoms with van der Waals surface area (Å²) in [5.41, 5.74) is 2.36. The summed E-state index contributed by atoms with van der Waals surface area (Å²) in [5, 5.41) is 3.66. The second-order valence-electron chi connectivity index (χ2n) is 7.42. The Bertz CT molecular complexity index is 795. The summed E-state index contributed by atoms with van der Waals surface area (Å²) in [6.07, 6.45) is 6.84. The van der Waals surface area contributed by atoms with Gasteiger partial charge in [0.15, 0.2) is 5.13 Å². The normalized spacial score (nSPS) is 19.6. The smallest absolute Gasteiger partial charge is 0.231 e. The van der Waals surface area contributed by atoms with Crippen LogP contribution < -0.4 is 5.32 Å². The maximum absolute atomic E-state index is 12.6. The van der Waals surface area contributed by atoms with Crippen molar-refractivity contribution in [3.63, 3.8) is 0 Å². The van der Waals surface area contributed by atoms with Gasteiger partial charge in [0.2, 0.25) is 11.8 Å². The zero-order chi connectivity index (χ0) is 18.6. The average Bonchev–Trinajstić information content (AvgIpc) is 3.16. The third-order valence-corrected chi connectivity index (χ3v) is 6.50. The Morgan fingerprint density at radius 1 is 1.19 bits per heavy atom. The molecule has 2 amide bonds. The number of nitrogens with one attached hydrogen (secondary N) is 1. The molecule has 0 bridgehead atoms. The molecule has 142 valence electrons. The summed E-state index contributed by atoms with van der Waals surface area (Å²) in [5.74, 6) is -0.285. The Morgan fingerprint density at radius 2 is 2.00 bits per heavy atom. The Balaban J connectivity index is 1.32. The van der Waals surface area contributed by atoms with Crippen molar-refractivity contribution in [2.24, 2.45) is 5.92 Å². The van der Waals surface area contributed by atoms with E-state index in [0.717, 1.165) is 25.0 Å². The fourth-order valence-electron chi connectivity index (χ4n) is 3.86. The minimum atomic E-state index is -0.281. The maximum atomic E-state index is 12.6. The molecule has 1 aromatic heterocycles. The van der Waals surface area contributed by atoms with Gasteiger partial charge < -0.3 is 10.2 Å². The molecule has 1 aliphatic carbocycles. The van der Waals surface area contributed by atoms with Crippen LogP contribution in [0.5, 0.6) is 0 Å². The van der Waals surface area contributed by atoms with Crippen molar-refractivity contribution in [2.45, 2.75) is 44.9 Å². The van der Waals surface area contributed by atoms with Gasteiger partial charge in [-0.1, -0.05) is 36.8 Å². The van der Waals surface area contributed by atoms with Crippen LogP contribution in [-0.4, -0.2) is 34.8 Å². The standard InChI is InChI=1S/C21H25N3O2S/c25-19-13-16(14-24(19)12-11-15-7-3-1-4-8-15)20(26)23-21-22-17-9-5-2-6-10-18(17)27-21/h1,3-4,7-8,16H,2,5-6,9-14H2,(H,22,23,26). The molecule has 4 rings (SSSR count). The zero-order valence-corrected chi connectivity index (χ0v) is 16.3. The van der Waals surface area contributed by atoms with Crippen LogP contribution in [0.25, 0.3) is 0 Å². The zero-order valence-electron chi connectivity index (χ0n) is 15.4. The number of fused-ring (bicyclic) bond motifs is 1. The highest BCUT2D eigenvalue weighted by Crippen LogP contribution is 2.30. The van der Waals surface area contributed by atoms with E-state index in [0.29, 0.717) is 24.6 Å². The number of anilines is 1. The lowest BCUT2D eigenvalue weighted by molar-refractivity contribution is -0.128. The molecule has 1 saturated heterocycles. The first-order chi connectivity index (χ1) is 13.2. The van der Waals surface area contributed by atoms with Gasteiger partial charge in [-0.05, 0) is 37.7 Å². The lowest BCUT2D eigenvalue weighted by Crippen LogP contribution is -2.30. The largest absolute Gasteiger partial charge is 0.342 e. The molecule has 0 saturated carbocycles. The van der Waals surface area contributed by atoms with Crippen molar-refractivity contribution >= 4 is 28.3 Å². The number of aromatic nitrogens is 1. The minimum absolute atomic E-state index is 0.0704. The minimum Gasteiger partial charge on any atom is -0.342 e. The van der Waals surface area contributed by atoms with E-state index in [2.05, 4.69) is 22.4 Å². The highest BCUT2D eigenvalue weighted by atomic mass is 32.1. The lowest BCUT2D eigenvalue weighted by Gasteiger charge is -2.16. The predicted molar refractivity (Wildman–Crippen MR) is 107 cm³/mol. The fourth-order valence-corrected chi connectivity index (χ4v) is 4.92. The summed E-state index contributed by atoms with van der Waals surface area (Å²) in [7, 11) is 0. The highest BCUT2D eigenvalue weighted by Gasteiger charge is 2.34. The summed E-state index contributed by atoms with van der Waals surface area (Å²) < 4.78 is 0. The summed E-state index contributed by atoms with van der Waals surface area (Å²) in [4.78, 5) is 32.7. The van der Waals surface area contributed by atoms with Crippen LogP contribution in [0.15, 0.2) is 30.3 Å². The number of aryl methyl sites for hydroxylation is 2. The second-order valence-corrected chi connectivity index (χ2v) is 8.50. The van der Waals surface area contributed by atoms with Gasteiger partial charge in [0.25, 0.3) is 0 Å². The van der Waals surface area contributed by atoms with E-state index in [1.165, 1.54) is 29.7 Å². The Hall–Kier alpha value is -2.21. The third kappa shape index (κ3) is 4.38. The lowest BCUT2D eigenvalue weighted by atomic mass is 10.1. The molecule has 0 spiro atoms. The average molecular weight is 384 g/mol. The number of thiazole rings is 1. The topological polar surface area (TPSA) is 62.3 Å². The molecule has 5 nitrogen and oxygen atoms in total. The Kier molecular flexibility index (Phi) is 5.53. The van der Waals surface area contributed by atoms with Crippen LogP contribution in [0.3, 0.4) is 0 Å².